The zero-order valence-corrected chi connectivity index (χ0v) is 25.5. The Morgan fingerprint density at radius 3 is 2.20 bits per heavy atom. The van der Waals surface area contributed by atoms with Crippen molar-refractivity contribution in [3.8, 4) is 5.75 Å². The van der Waals surface area contributed by atoms with Crippen molar-refractivity contribution in [2.24, 2.45) is 0 Å². The third kappa shape index (κ3) is 7.20. The van der Waals surface area contributed by atoms with Gasteiger partial charge >= 0.3 is 0 Å². The van der Waals surface area contributed by atoms with Gasteiger partial charge in [-0.05, 0) is 61.4 Å². The molecule has 0 radical (unpaired) electrons. The molecule has 0 saturated heterocycles. The van der Waals surface area contributed by atoms with E-state index in [1.807, 2.05) is 6.92 Å². The van der Waals surface area contributed by atoms with Crippen LogP contribution in [0.2, 0.25) is 15.1 Å². The highest BCUT2D eigenvalue weighted by Crippen LogP contribution is 2.32. The summed E-state index contributed by atoms with van der Waals surface area (Å²) in [5.41, 5.74) is 1.57. The van der Waals surface area contributed by atoms with Crippen LogP contribution in [0.5, 0.6) is 5.75 Å². The number of halogens is 3. The van der Waals surface area contributed by atoms with Crippen molar-refractivity contribution in [2.45, 2.75) is 37.8 Å². The maximum atomic E-state index is 14.0. The van der Waals surface area contributed by atoms with Crippen LogP contribution in [0.3, 0.4) is 0 Å². The summed E-state index contributed by atoms with van der Waals surface area (Å²) in [7, 11) is -1.33. The van der Waals surface area contributed by atoms with Gasteiger partial charge in [-0.3, -0.25) is 13.9 Å². The highest BCUT2D eigenvalue weighted by atomic mass is 35.5. The average molecular weight is 627 g/mol. The van der Waals surface area contributed by atoms with Crippen LogP contribution in [0.25, 0.3) is 0 Å². The van der Waals surface area contributed by atoms with Gasteiger partial charge in [-0.2, -0.15) is 0 Å². The van der Waals surface area contributed by atoms with Crippen LogP contribution in [0, 0.1) is 6.92 Å². The molecule has 40 heavy (non-hydrogen) atoms. The van der Waals surface area contributed by atoms with E-state index in [2.05, 4.69) is 5.32 Å². The SMILES string of the molecule is CC[C@H](C(=O)NC)N(Cc1ccc(Cl)cc1Cl)C(=O)CN(c1ccc(OC)c(Cl)c1)S(=O)(=O)c1ccc(C)cc1. The number of ether oxygens (including phenoxy) is 1. The van der Waals surface area contributed by atoms with E-state index in [-0.39, 0.29) is 28.6 Å². The van der Waals surface area contributed by atoms with Crippen molar-refractivity contribution in [3.05, 3.63) is 86.9 Å². The molecule has 0 saturated carbocycles. The number of anilines is 1. The molecule has 214 valence electrons. The number of amides is 2. The lowest BCUT2D eigenvalue weighted by Gasteiger charge is -2.33. The van der Waals surface area contributed by atoms with E-state index in [1.165, 1.54) is 55.5 Å². The number of hydrogen-bond donors (Lipinski definition) is 1. The number of carbonyl (C=O) groups excluding carboxylic acids is 2. The zero-order valence-electron chi connectivity index (χ0n) is 22.4. The van der Waals surface area contributed by atoms with Crippen LogP contribution in [-0.4, -0.2) is 51.9 Å². The van der Waals surface area contributed by atoms with Crippen molar-refractivity contribution < 1.29 is 22.7 Å². The molecule has 0 spiro atoms. The summed E-state index contributed by atoms with van der Waals surface area (Å²) < 4.78 is 34.0. The second-order valence-corrected chi connectivity index (χ2v) is 12.1. The number of hydrogen-bond acceptors (Lipinski definition) is 5. The fourth-order valence-electron chi connectivity index (χ4n) is 4.10. The largest absolute Gasteiger partial charge is 0.495 e. The maximum absolute atomic E-state index is 14.0. The number of nitrogens with one attached hydrogen (secondary N) is 1. The Balaban J connectivity index is 2.11. The highest BCUT2D eigenvalue weighted by Gasteiger charge is 2.34. The number of sulfonamides is 1. The first-order chi connectivity index (χ1) is 18.9. The number of nitrogens with zero attached hydrogens (tertiary/aromatic N) is 2. The Bertz CT molecular complexity index is 1480. The van der Waals surface area contributed by atoms with Crippen molar-refractivity contribution in [3.63, 3.8) is 0 Å². The molecule has 0 aliphatic heterocycles. The van der Waals surface area contributed by atoms with Gasteiger partial charge in [0.15, 0.2) is 0 Å². The molecule has 1 N–H and O–H groups in total. The fourth-order valence-corrected chi connectivity index (χ4v) is 6.22. The smallest absolute Gasteiger partial charge is 0.264 e. The van der Waals surface area contributed by atoms with E-state index in [0.717, 1.165) is 9.87 Å². The minimum atomic E-state index is -4.24. The molecule has 3 aromatic carbocycles. The third-order valence-electron chi connectivity index (χ3n) is 6.30. The Hall–Kier alpha value is -2.98. The number of aryl methyl sites for hydroxylation is 1. The van der Waals surface area contributed by atoms with Gasteiger partial charge in [0.2, 0.25) is 11.8 Å². The van der Waals surface area contributed by atoms with Crippen molar-refractivity contribution in [2.75, 3.05) is 25.0 Å². The van der Waals surface area contributed by atoms with Crippen LogP contribution < -0.4 is 14.4 Å². The van der Waals surface area contributed by atoms with Gasteiger partial charge in [-0.1, -0.05) is 65.5 Å². The van der Waals surface area contributed by atoms with Gasteiger partial charge in [0.05, 0.1) is 22.7 Å². The quantitative estimate of drug-likeness (QED) is 0.294. The predicted octanol–water partition coefficient (Wildman–Crippen LogP) is 5.71. The summed E-state index contributed by atoms with van der Waals surface area (Å²) in [6.07, 6.45) is 0.274. The molecule has 12 heteroatoms. The molecule has 0 heterocycles. The van der Waals surface area contributed by atoms with E-state index in [1.54, 1.807) is 31.2 Å². The van der Waals surface area contributed by atoms with E-state index in [4.69, 9.17) is 39.5 Å². The molecule has 0 aliphatic rings. The second-order valence-electron chi connectivity index (χ2n) is 8.94. The van der Waals surface area contributed by atoms with E-state index < -0.39 is 34.4 Å². The number of rotatable bonds is 11. The van der Waals surface area contributed by atoms with Gasteiger partial charge in [0.1, 0.15) is 18.3 Å². The number of carbonyl (C=O) groups is 2. The molecule has 0 unspecified atom stereocenters. The zero-order chi connectivity index (χ0) is 29.6. The van der Waals surface area contributed by atoms with Crippen LogP contribution in [0.15, 0.2) is 65.6 Å². The number of benzene rings is 3. The molecule has 0 aromatic heterocycles. The van der Waals surface area contributed by atoms with Crippen molar-refractivity contribution in [1.29, 1.82) is 0 Å². The Morgan fingerprint density at radius 2 is 1.65 bits per heavy atom. The lowest BCUT2D eigenvalue weighted by molar-refractivity contribution is -0.140. The molecule has 0 bridgehead atoms. The first-order valence-electron chi connectivity index (χ1n) is 12.3. The average Bonchev–Trinajstić information content (AvgIpc) is 2.92. The summed E-state index contributed by atoms with van der Waals surface area (Å²) in [6, 6.07) is 14.6. The molecule has 0 aliphatic carbocycles. The predicted molar refractivity (Wildman–Crippen MR) is 159 cm³/mol. The van der Waals surface area contributed by atoms with Crippen LogP contribution >= 0.6 is 34.8 Å². The van der Waals surface area contributed by atoms with Crippen LogP contribution in [-0.2, 0) is 26.2 Å². The minimum Gasteiger partial charge on any atom is -0.495 e. The third-order valence-corrected chi connectivity index (χ3v) is 8.97. The van der Waals surface area contributed by atoms with Gasteiger partial charge < -0.3 is 15.0 Å². The molecular formula is C28H30Cl3N3O5S. The lowest BCUT2D eigenvalue weighted by Crippen LogP contribution is -2.51. The Kier molecular flexibility index (Phi) is 10.7. The fraction of sp³-hybridized carbons (Fsp3) is 0.286. The second kappa shape index (κ2) is 13.6. The molecule has 3 aromatic rings. The summed E-state index contributed by atoms with van der Waals surface area (Å²) in [6.45, 7) is 2.93. The summed E-state index contributed by atoms with van der Waals surface area (Å²) in [5.74, 6) is -0.681. The van der Waals surface area contributed by atoms with E-state index >= 15 is 0 Å². The minimum absolute atomic E-state index is 0.0107. The summed E-state index contributed by atoms with van der Waals surface area (Å²) >= 11 is 18.8. The van der Waals surface area contributed by atoms with Gasteiger partial charge in [0.25, 0.3) is 10.0 Å². The normalized spacial score (nSPS) is 12.0. The van der Waals surface area contributed by atoms with Gasteiger partial charge in [0, 0.05) is 23.6 Å². The topological polar surface area (TPSA) is 96.0 Å². The van der Waals surface area contributed by atoms with E-state index in [0.29, 0.717) is 21.4 Å². The van der Waals surface area contributed by atoms with Gasteiger partial charge in [-0.15, -0.1) is 0 Å². The number of likely N-dealkylation sites (N-methyl/N-ethyl adjacent to an activating group) is 1. The Morgan fingerprint density at radius 1 is 0.975 bits per heavy atom. The first kappa shape index (κ1) is 31.5. The van der Waals surface area contributed by atoms with Crippen molar-refractivity contribution in [1.82, 2.24) is 10.2 Å². The number of methoxy groups -OCH3 is 1. The summed E-state index contributed by atoms with van der Waals surface area (Å²) in [4.78, 5) is 28.1. The first-order valence-corrected chi connectivity index (χ1v) is 14.9. The molecule has 3 rings (SSSR count). The molecule has 8 nitrogen and oxygen atoms in total. The maximum Gasteiger partial charge on any atom is 0.264 e. The van der Waals surface area contributed by atoms with Gasteiger partial charge in [-0.25, -0.2) is 8.42 Å². The molecule has 2 amide bonds. The summed E-state index contributed by atoms with van der Waals surface area (Å²) in [5, 5.41) is 3.46. The van der Waals surface area contributed by atoms with Crippen LogP contribution in [0.1, 0.15) is 24.5 Å². The lowest BCUT2D eigenvalue weighted by atomic mass is 10.1. The van der Waals surface area contributed by atoms with Crippen molar-refractivity contribution >= 4 is 62.3 Å². The van der Waals surface area contributed by atoms with Crippen LogP contribution in [0.4, 0.5) is 5.69 Å². The highest BCUT2D eigenvalue weighted by molar-refractivity contribution is 7.92. The standard InChI is InChI=1S/C28H30Cl3N3O5S/c1-5-25(28(36)32-3)33(16-19-8-9-20(29)14-23(19)30)27(35)17-34(21-10-13-26(39-4)24(31)15-21)40(37,38)22-11-6-18(2)7-12-22/h6-15,25H,5,16-17H2,1-4H3,(H,32,36)/t25-/m1/s1. The van der Waals surface area contributed by atoms with E-state index in [9.17, 15) is 18.0 Å². The monoisotopic (exact) mass is 625 g/mol. The molecular weight excluding hydrogens is 597 g/mol. The molecule has 0 fully saturated rings. The molecule has 1 atom stereocenters. The Labute approximate surface area is 249 Å².